The molecule has 1 aliphatic rings. The van der Waals surface area contributed by atoms with Crippen LogP contribution in [0.1, 0.15) is 32.1 Å². The van der Waals surface area contributed by atoms with Crippen LogP contribution >= 0.6 is 0 Å². The number of hydrogen-bond acceptors (Lipinski definition) is 2. The molecule has 1 N–H and O–H groups in total. The second kappa shape index (κ2) is 5.37. The number of aliphatic carboxylic acids is 1. The normalized spacial score (nSPS) is 20.6. The highest BCUT2D eigenvalue weighted by molar-refractivity contribution is 5.78. The fourth-order valence-electron chi connectivity index (χ4n) is 1.97. The fourth-order valence-corrected chi connectivity index (χ4v) is 1.97. The summed E-state index contributed by atoms with van der Waals surface area (Å²) in [6, 6.07) is -0.451. The molecule has 4 nitrogen and oxygen atoms in total. The monoisotopic (exact) mass is 253 g/mol. The van der Waals surface area contributed by atoms with E-state index in [1.807, 2.05) is 0 Å². The molecule has 17 heavy (non-hydrogen) atoms. The van der Waals surface area contributed by atoms with Crippen molar-refractivity contribution in [1.82, 2.24) is 4.90 Å². The lowest BCUT2D eigenvalue weighted by Gasteiger charge is -2.23. The van der Waals surface area contributed by atoms with Crippen molar-refractivity contribution in [2.24, 2.45) is 0 Å². The summed E-state index contributed by atoms with van der Waals surface area (Å²) in [6.45, 7) is 0.356. The molecule has 0 bridgehead atoms. The maximum absolute atomic E-state index is 11.9. The number of alkyl halides is 3. The van der Waals surface area contributed by atoms with E-state index in [4.69, 9.17) is 5.11 Å². The van der Waals surface area contributed by atoms with Gasteiger partial charge in [0.2, 0.25) is 5.91 Å². The van der Waals surface area contributed by atoms with Gasteiger partial charge in [-0.15, -0.1) is 0 Å². The molecule has 0 aliphatic carbocycles. The molecule has 98 valence electrons. The molecule has 0 saturated carbocycles. The minimum absolute atomic E-state index is 0.197. The standard InChI is InChI=1S/C10H14F3NO3/c11-10(12,13)4-3-8(15)14-5-1-2-7(14)6-9(16)17/h7H,1-6H2,(H,16,17). The van der Waals surface area contributed by atoms with E-state index in [9.17, 15) is 22.8 Å². The van der Waals surface area contributed by atoms with Crippen LogP contribution < -0.4 is 0 Å². The molecule has 0 aromatic heterocycles. The number of nitrogens with zero attached hydrogens (tertiary/aromatic N) is 1. The maximum Gasteiger partial charge on any atom is 0.389 e. The van der Waals surface area contributed by atoms with Crippen LogP contribution in [0, 0.1) is 0 Å². The number of carboxylic acid groups (broad SMARTS) is 1. The third kappa shape index (κ3) is 4.62. The van der Waals surface area contributed by atoms with Gasteiger partial charge < -0.3 is 10.0 Å². The lowest BCUT2D eigenvalue weighted by Crippen LogP contribution is -2.37. The van der Waals surface area contributed by atoms with Gasteiger partial charge in [0.15, 0.2) is 0 Å². The van der Waals surface area contributed by atoms with Crippen LogP contribution in [0.4, 0.5) is 13.2 Å². The quantitative estimate of drug-likeness (QED) is 0.831. The summed E-state index contributed by atoms with van der Waals surface area (Å²) in [5.74, 6) is -1.64. The minimum Gasteiger partial charge on any atom is -0.481 e. The molecule has 1 aliphatic heterocycles. The Hall–Kier alpha value is -1.27. The highest BCUT2D eigenvalue weighted by Gasteiger charge is 2.33. The molecule has 0 aromatic rings. The first-order chi connectivity index (χ1) is 7.79. The van der Waals surface area contributed by atoms with Crippen molar-refractivity contribution in [1.29, 1.82) is 0 Å². The first-order valence-corrected chi connectivity index (χ1v) is 5.37. The summed E-state index contributed by atoms with van der Waals surface area (Å²) in [6.07, 6.45) is -5.10. The average molecular weight is 253 g/mol. The molecule has 0 aromatic carbocycles. The van der Waals surface area contributed by atoms with E-state index in [1.54, 1.807) is 0 Å². The van der Waals surface area contributed by atoms with Crippen molar-refractivity contribution in [3.63, 3.8) is 0 Å². The number of carbonyl (C=O) groups excluding carboxylic acids is 1. The first-order valence-electron chi connectivity index (χ1n) is 5.37. The Balaban J connectivity index is 2.47. The zero-order valence-electron chi connectivity index (χ0n) is 9.16. The van der Waals surface area contributed by atoms with Gasteiger partial charge in [0.25, 0.3) is 0 Å². The molecule has 1 saturated heterocycles. The summed E-state index contributed by atoms with van der Waals surface area (Å²) in [4.78, 5) is 23.3. The highest BCUT2D eigenvalue weighted by atomic mass is 19.4. The highest BCUT2D eigenvalue weighted by Crippen LogP contribution is 2.25. The van der Waals surface area contributed by atoms with Crippen molar-refractivity contribution >= 4 is 11.9 Å². The summed E-state index contributed by atoms with van der Waals surface area (Å²) in [5, 5.41) is 8.61. The van der Waals surface area contributed by atoms with Crippen LogP contribution in [0.15, 0.2) is 0 Å². The van der Waals surface area contributed by atoms with Gasteiger partial charge in [0.1, 0.15) is 0 Å². The van der Waals surface area contributed by atoms with E-state index in [1.165, 1.54) is 4.90 Å². The molecule has 0 radical (unpaired) electrons. The van der Waals surface area contributed by atoms with Gasteiger partial charge in [-0.05, 0) is 12.8 Å². The summed E-state index contributed by atoms with van der Waals surface area (Å²) >= 11 is 0. The van der Waals surface area contributed by atoms with Gasteiger partial charge >= 0.3 is 12.1 Å². The first kappa shape index (κ1) is 13.8. The molecule has 1 heterocycles. The van der Waals surface area contributed by atoms with E-state index >= 15 is 0 Å². The lowest BCUT2D eigenvalue weighted by atomic mass is 10.1. The van der Waals surface area contributed by atoms with Crippen LogP contribution in [0.5, 0.6) is 0 Å². The van der Waals surface area contributed by atoms with E-state index in [0.29, 0.717) is 19.4 Å². The van der Waals surface area contributed by atoms with E-state index in [-0.39, 0.29) is 6.42 Å². The van der Waals surface area contributed by atoms with Gasteiger partial charge in [-0.1, -0.05) is 0 Å². The molecule has 1 rings (SSSR count). The number of rotatable bonds is 4. The topological polar surface area (TPSA) is 57.6 Å². The van der Waals surface area contributed by atoms with Gasteiger partial charge in [-0.3, -0.25) is 9.59 Å². The second-order valence-electron chi connectivity index (χ2n) is 4.10. The fraction of sp³-hybridized carbons (Fsp3) is 0.800. The minimum atomic E-state index is -4.35. The molecule has 1 unspecified atom stereocenters. The molecular weight excluding hydrogens is 239 g/mol. The van der Waals surface area contributed by atoms with E-state index in [2.05, 4.69) is 0 Å². The molecular formula is C10H14F3NO3. The van der Waals surface area contributed by atoms with Crippen LogP contribution in [0.2, 0.25) is 0 Å². The zero-order chi connectivity index (χ0) is 13.1. The summed E-state index contributed by atoms with van der Waals surface area (Å²) < 4.78 is 35.8. The third-order valence-corrected chi connectivity index (χ3v) is 2.73. The Morgan fingerprint density at radius 2 is 2.00 bits per heavy atom. The summed E-state index contributed by atoms with van der Waals surface area (Å²) in [5.41, 5.74) is 0. The average Bonchev–Trinajstić information content (AvgIpc) is 2.60. The van der Waals surface area contributed by atoms with Crippen LogP contribution in [0.25, 0.3) is 0 Å². The SMILES string of the molecule is O=C(O)CC1CCCN1C(=O)CCC(F)(F)F. The number of hydrogen-bond donors (Lipinski definition) is 1. The predicted molar refractivity (Wildman–Crippen MR) is 52.3 cm³/mol. The van der Waals surface area contributed by atoms with E-state index < -0.39 is 36.9 Å². The Morgan fingerprint density at radius 3 is 2.53 bits per heavy atom. The van der Waals surface area contributed by atoms with Gasteiger partial charge in [0, 0.05) is 19.0 Å². The zero-order valence-corrected chi connectivity index (χ0v) is 9.16. The van der Waals surface area contributed by atoms with Gasteiger partial charge in [-0.25, -0.2) is 0 Å². The summed E-state index contributed by atoms with van der Waals surface area (Å²) in [7, 11) is 0. The predicted octanol–water partition coefficient (Wildman–Crippen LogP) is 1.79. The number of carbonyl (C=O) groups is 2. The van der Waals surface area contributed by atoms with Crippen molar-refractivity contribution in [2.45, 2.75) is 44.3 Å². The van der Waals surface area contributed by atoms with Crippen LogP contribution in [0.3, 0.4) is 0 Å². The van der Waals surface area contributed by atoms with Gasteiger partial charge in [0.05, 0.1) is 12.8 Å². The smallest absolute Gasteiger partial charge is 0.389 e. The Morgan fingerprint density at radius 1 is 1.35 bits per heavy atom. The van der Waals surface area contributed by atoms with Crippen molar-refractivity contribution in [3.05, 3.63) is 0 Å². The molecule has 7 heteroatoms. The Kier molecular flexibility index (Phi) is 4.36. The van der Waals surface area contributed by atoms with Gasteiger partial charge in [-0.2, -0.15) is 13.2 Å². The maximum atomic E-state index is 11.9. The number of amides is 1. The van der Waals surface area contributed by atoms with Crippen molar-refractivity contribution in [3.8, 4) is 0 Å². The van der Waals surface area contributed by atoms with Crippen molar-refractivity contribution in [2.75, 3.05) is 6.54 Å². The number of likely N-dealkylation sites (tertiary alicyclic amines) is 1. The Bertz CT molecular complexity index is 304. The number of carboxylic acids is 1. The largest absolute Gasteiger partial charge is 0.481 e. The molecule has 1 atom stereocenters. The van der Waals surface area contributed by atoms with E-state index in [0.717, 1.165) is 0 Å². The van der Waals surface area contributed by atoms with Crippen molar-refractivity contribution < 1.29 is 27.9 Å². The van der Waals surface area contributed by atoms with Crippen LogP contribution in [-0.2, 0) is 9.59 Å². The number of halogens is 3. The third-order valence-electron chi connectivity index (χ3n) is 2.73. The molecule has 1 fully saturated rings. The second-order valence-corrected chi connectivity index (χ2v) is 4.10. The lowest BCUT2D eigenvalue weighted by molar-refractivity contribution is -0.150. The van der Waals surface area contributed by atoms with Crippen LogP contribution in [-0.4, -0.2) is 40.6 Å². The molecule has 0 spiro atoms. The molecule has 1 amide bonds. The Labute approximate surface area is 96.4 Å².